The van der Waals surface area contributed by atoms with Crippen LogP contribution < -0.4 is 10.0 Å². The molecule has 25 heavy (non-hydrogen) atoms. The molecule has 1 amide bonds. The summed E-state index contributed by atoms with van der Waals surface area (Å²) in [5.74, 6) is -0.873. The van der Waals surface area contributed by atoms with Crippen molar-refractivity contribution in [2.24, 2.45) is 0 Å². The van der Waals surface area contributed by atoms with E-state index in [4.69, 9.17) is 11.6 Å². The smallest absolute Gasteiger partial charge is 0.288 e. The summed E-state index contributed by atoms with van der Waals surface area (Å²) in [7, 11) is -4.04. The van der Waals surface area contributed by atoms with E-state index in [-0.39, 0.29) is 10.6 Å². The van der Waals surface area contributed by atoms with Crippen LogP contribution in [-0.2, 0) is 10.0 Å². The van der Waals surface area contributed by atoms with Crippen LogP contribution >= 0.6 is 23.1 Å². The molecule has 0 unspecified atom stereocenters. The minimum absolute atomic E-state index is 0.0778. The van der Waals surface area contributed by atoms with Crippen molar-refractivity contribution in [1.29, 1.82) is 0 Å². The van der Waals surface area contributed by atoms with Gasteiger partial charge in [0.2, 0.25) is 0 Å². The average molecular weight is 395 g/mol. The topological polar surface area (TPSA) is 101 Å². The Morgan fingerprint density at radius 3 is 2.40 bits per heavy atom. The summed E-state index contributed by atoms with van der Waals surface area (Å²) in [6, 6.07) is 14.5. The number of sulfonamides is 1. The third kappa shape index (κ3) is 4.13. The number of halogens is 1. The molecule has 0 aliphatic carbocycles. The number of benzene rings is 2. The largest absolute Gasteiger partial charge is 0.344 e. The Kier molecular flexibility index (Phi) is 4.98. The Bertz CT molecular complexity index is 989. The molecule has 0 bridgehead atoms. The maximum atomic E-state index is 12.3. The van der Waals surface area contributed by atoms with E-state index in [1.54, 1.807) is 12.1 Å². The van der Waals surface area contributed by atoms with E-state index in [1.807, 2.05) is 22.9 Å². The van der Waals surface area contributed by atoms with Crippen molar-refractivity contribution >= 4 is 49.8 Å². The van der Waals surface area contributed by atoms with Gasteiger partial charge >= 0.3 is 0 Å². The lowest BCUT2D eigenvalue weighted by Gasteiger charge is -2.07. The molecule has 3 rings (SSSR count). The van der Waals surface area contributed by atoms with Gasteiger partial charge in [0.25, 0.3) is 15.9 Å². The highest BCUT2D eigenvalue weighted by molar-refractivity contribution is 7.90. The lowest BCUT2D eigenvalue weighted by Crippen LogP contribution is -2.31. The van der Waals surface area contributed by atoms with Gasteiger partial charge in [-0.2, -0.15) is 0 Å². The Labute approximate surface area is 152 Å². The second-order valence-corrected chi connectivity index (χ2v) is 7.70. The number of hydrogen-bond acceptors (Lipinski definition) is 7. The van der Waals surface area contributed by atoms with E-state index < -0.39 is 15.9 Å². The monoisotopic (exact) mass is 394 g/mol. The Balaban J connectivity index is 1.80. The van der Waals surface area contributed by atoms with Gasteiger partial charge < -0.3 is 5.32 Å². The number of aromatic nitrogens is 2. The van der Waals surface area contributed by atoms with Gasteiger partial charge in [0.05, 0.1) is 4.90 Å². The van der Waals surface area contributed by atoms with Crippen LogP contribution in [0.25, 0.3) is 0 Å². The molecule has 1 aromatic heterocycles. The van der Waals surface area contributed by atoms with Crippen molar-refractivity contribution in [3.05, 3.63) is 65.3 Å². The molecule has 0 atom stereocenters. The second-order valence-electron chi connectivity index (χ2n) is 4.83. The summed E-state index contributed by atoms with van der Waals surface area (Å²) in [6.45, 7) is 0. The molecule has 0 aliphatic rings. The van der Waals surface area contributed by atoms with Crippen LogP contribution in [0, 0.1) is 0 Å². The molecular weight excluding hydrogens is 384 g/mol. The van der Waals surface area contributed by atoms with Crippen LogP contribution in [0.5, 0.6) is 0 Å². The van der Waals surface area contributed by atoms with Crippen LogP contribution in [0.1, 0.15) is 10.5 Å². The minimum atomic E-state index is -4.04. The predicted molar refractivity (Wildman–Crippen MR) is 95.7 cm³/mol. The van der Waals surface area contributed by atoms with E-state index >= 15 is 0 Å². The van der Waals surface area contributed by atoms with E-state index in [9.17, 15) is 13.2 Å². The third-order valence-corrected chi connectivity index (χ3v) is 5.33. The number of anilines is 2. The first-order valence-electron chi connectivity index (χ1n) is 6.93. The van der Waals surface area contributed by atoms with Crippen LogP contribution in [0.15, 0.2) is 59.5 Å². The van der Waals surface area contributed by atoms with Crippen molar-refractivity contribution < 1.29 is 13.2 Å². The number of nitrogens with zero attached hydrogens (tertiary/aromatic N) is 2. The zero-order valence-electron chi connectivity index (χ0n) is 12.5. The minimum Gasteiger partial charge on any atom is -0.344 e. The number of para-hydroxylation sites is 1. The normalized spacial score (nSPS) is 11.1. The van der Waals surface area contributed by atoms with Gasteiger partial charge in [0, 0.05) is 22.2 Å². The standard InChI is InChI=1S/C15H11ClN4O3S2/c16-10-6-8-12(9-7-10)25(22,23)19-14(21)13-15(24-20-18-13)17-11-4-2-1-3-5-11/h1-9,17H,(H,19,21). The predicted octanol–water partition coefficient (Wildman–Crippen LogP) is 3.05. The van der Waals surface area contributed by atoms with Crippen molar-refractivity contribution in [1.82, 2.24) is 14.3 Å². The van der Waals surface area contributed by atoms with Crippen molar-refractivity contribution in [3.8, 4) is 0 Å². The summed E-state index contributed by atoms with van der Waals surface area (Å²) >= 11 is 6.69. The molecule has 2 N–H and O–H groups in total. The molecule has 0 spiro atoms. The molecule has 7 nitrogen and oxygen atoms in total. The van der Waals surface area contributed by atoms with Crippen molar-refractivity contribution in [2.75, 3.05) is 5.32 Å². The molecule has 128 valence electrons. The number of rotatable bonds is 5. The first-order valence-corrected chi connectivity index (χ1v) is 9.56. The van der Waals surface area contributed by atoms with Crippen LogP contribution in [0.3, 0.4) is 0 Å². The Morgan fingerprint density at radius 2 is 1.72 bits per heavy atom. The quantitative estimate of drug-likeness (QED) is 0.689. The summed E-state index contributed by atoms with van der Waals surface area (Å²) in [5.41, 5.74) is 0.620. The average Bonchev–Trinajstić information content (AvgIpc) is 3.04. The number of carbonyl (C=O) groups excluding carboxylic acids is 1. The first-order chi connectivity index (χ1) is 12.0. The van der Waals surface area contributed by atoms with E-state index in [0.29, 0.717) is 10.0 Å². The SMILES string of the molecule is O=C(NS(=O)(=O)c1ccc(Cl)cc1)c1nnsc1Nc1ccccc1. The van der Waals surface area contributed by atoms with Crippen molar-refractivity contribution in [3.63, 3.8) is 0 Å². The van der Waals surface area contributed by atoms with Gasteiger partial charge in [-0.1, -0.05) is 34.3 Å². The maximum Gasteiger partial charge on any atom is 0.288 e. The highest BCUT2D eigenvalue weighted by atomic mass is 35.5. The van der Waals surface area contributed by atoms with Crippen molar-refractivity contribution in [2.45, 2.75) is 4.90 Å². The van der Waals surface area contributed by atoms with Crippen LogP contribution in [-0.4, -0.2) is 23.9 Å². The lowest BCUT2D eigenvalue weighted by atomic mass is 10.3. The number of carbonyl (C=O) groups is 1. The summed E-state index contributed by atoms with van der Waals surface area (Å²) in [4.78, 5) is 12.2. The molecular formula is C15H11ClN4O3S2. The van der Waals surface area contributed by atoms with Gasteiger partial charge in [0.1, 0.15) is 5.00 Å². The lowest BCUT2D eigenvalue weighted by molar-refractivity contribution is 0.0977. The highest BCUT2D eigenvalue weighted by Crippen LogP contribution is 2.23. The molecule has 0 saturated carbocycles. The Morgan fingerprint density at radius 1 is 1.04 bits per heavy atom. The highest BCUT2D eigenvalue weighted by Gasteiger charge is 2.23. The molecule has 2 aromatic carbocycles. The first kappa shape index (κ1) is 17.3. The molecule has 1 heterocycles. The van der Waals surface area contributed by atoms with Crippen LogP contribution in [0.2, 0.25) is 5.02 Å². The van der Waals surface area contributed by atoms with E-state index in [0.717, 1.165) is 17.2 Å². The van der Waals surface area contributed by atoms with E-state index in [1.165, 1.54) is 24.3 Å². The number of nitrogens with one attached hydrogen (secondary N) is 2. The molecule has 0 fully saturated rings. The Hall–Kier alpha value is -2.49. The number of hydrogen-bond donors (Lipinski definition) is 2. The molecule has 10 heteroatoms. The summed E-state index contributed by atoms with van der Waals surface area (Å²) in [6.07, 6.45) is 0. The summed E-state index contributed by atoms with van der Waals surface area (Å²) < 4.78 is 30.2. The van der Waals surface area contributed by atoms with Gasteiger partial charge in [-0.15, -0.1) is 5.10 Å². The second kappa shape index (κ2) is 7.18. The molecule has 3 aromatic rings. The molecule has 0 aliphatic heterocycles. The fourth-order valence-electron chi connectivity index (χ4n) is 1.92. The van der Waals surface area contributed by atoms with Gasteiger partial charge in [-0.3, -0.25) is 4.79 Å². The van der Waals surface area contributed by atoms with Gasteiger partial charge in [0.15, 0.2) is 5.69 Å². The maximum absolute atomic E-state index is 12.3. The van der Waals surface area contributed by atoms with Gasteiger partial charge in [-0.05, 0) is 36.4 Å². The van der Waals surface area contributed by atoms with Crippen LogP contribution in [0.4, 0.5) is 10.7 Å². The third-order valence-electron chi connectivity index (χ3n) is 3.09. The fourth-order valence-corrected chi connectivity index (χ4v) is 3.58. The van der Waals surface area contributed by atoms with Gasteiger partial charge in [-0.25, -0.2) is 13.1 Å². The zero-order valence-corrected chi connectivity index (χ0v) is 14.9. The molecule has 0 saturated heterocycles. The fraction of sp³-hybridized carbons (Fsp3) is 0. The summed E-state index contributed by atoms with van der Waals surface area (Å²) in [5, 5.41) is 7.43. The zero-order chi connectivity index (χ0) is 17.9. The molecule has 0 radical (unpaired) electrons. The van der Waals surface area contributed by atoms with E-state index in [2.05, 4.69) is 14.9 Å². The number of amides is 1.